The highest BCUT2D eigenvalue weighted by Gasteiger charge is 2.11. The van der Waals surface area contributed by atoms with Crippen molar-refractivity contribution >= 4 is 15.9 Å². The Bertz CT molecular complexity index is 325. The van der Waals surface area contributed by atoms with Gasteiger partial charge in [0.2, 0.25) is 6.04 Å². The first-order valence-corrected chi connectivity index (χ1v) is 4.57. The van der Waals surface area contributed by atoms with Crippen molar-refractivity contribution in [3.05, 3.63) is 45.2 Å². The van der Waals surface area contributed by atoms with E-state index in [1.807, 2.05) is 32.0 Å². The molecule has 1 nitrogen and oxygen atoms in total. The maximum atomic E-state index is 6.92. The van der Waals surface area contributed by atoms with Crippen molar-refractivity contribution in [2.45, 2.75) is 19.9 Å². The molecule has 1 aromatic rings. The minimum Gasteiger partial charge on any atom is -0.309 e. The lowest BCUT2D eigenvalue weighted by Gasteiger charge is -2.03. The van der Waals surface area contributed by atoms with Crippen molar-refractivity contribution in [3.8, 4) is 0 Å². The second-order valence-electron chi connectivity index (χ2n) is 2.83. The van der Waals surface area contributed by atoms with E-state index in [1.165, 1.54) is 5.56 Å². The highest BCUT2D eigenvalue weighted by molar-refractivity contribution is 9.10. The summed E-state index contributed by atoms with van der Waals surface area (Å²) in [6.45, 7) is 10.9. The summed E-state index contributed by atoms with van der Waals surface area (Å²) in [4.78, 5) is 3.48. The van der Waals surface area contributed by atoms with Crippen molar-refractivity contribution in [3.63, 3.8) is 0 Å². The van der Waals surface area contributed by atoms with Gasteiger partial charge < -0.3 is 4.85 Å². The third-order valence-corrected chi connectivity index (χ3v) is 2.52. The third-order valence-electron chi connectivity index (χ3n) is 1.80. The van der Waals surface area contributed by atoms with Crippen molar-refractivity contribution < 1.29 is 0 Å². The van der Waals surface area contributed by atoms with Crippen LogP contribution in [0.15, 0.2) is 22.7 Å². The van der Waals surface area contributed by atoms with Gasteiger partial charge in [-0.2, -0.15) is 0 Å². The summed E-state index contributed by atoms with van der Waals surface area (Å²) < 4.78 is 1.02. The Morgan fingerprint density at radius 2 is 2.17 bits per heavy atom. The largest absolute Gasteiger partial charge is 0.309 e. The molecule has 62 valence electrons. The standard InChI is InChI=1S/C10H10BrN/c1-7-4-5-10(11)9(6-7)8(2)12-3/h4-6,8H,1-2H3. The van der Waals surface area contributed by atoms with Crippen LogP contribution >= 0.6 is 15.9 Å². The van der Waals surface area contributed by atoms with Gasteiger partial charge in [0.25, 0.3) is 0 Å². The highest BCUT2D eigenvalue weighted by atomic mass is 79.9. The van der Waals surface area contributed by atoms with Crippen LogP contribution in [-0.2, 0) is 0 Å². The summed E-state index contributed by atoms with van der Waals surface area (Å²) in [5.74, 6) is 0. The van der Waals surface area contributed by atoms with Crippen LogP contribution in [0.4, 0.5) is 0 Å². The zero-order chi connectivity index (χ0) is 9.14. The van der Waals surface area contributed by atoms with E-state index in [0.717, 1.165) is 10.0 Å². The summed E-state index contributed by atoms with van der Waals surface area (Å²) in [6, 6.07) is 6.02. The SMILES string of the molecule is [C-]#[N+]C(C)c1cc(C)ccc1Br. The number of hydrogen-bond acceptors (Lipinski definition) is 0. The molecule has 0 bridgehead atoms. The van der Waals surface area contributed by atoms with Gasteiger partial charge in [0.05, 0.1) is 0 Å². The molecule has 12 heavy (non-hydrogen) atoms. The van der Waals surface area contributed by atoms with Gasteiger partial charge in [-0.05, 0) is 19.1 Å². The molecular weight excluding hydrogens is 214 g/mol. The molecule has 0 aliphatic carbocycles. The molecule has 0 radical (unpaired) electrons. The van der Waals surface area contributed by atoms with E-state index < -0.39 is 0 Å². The fourth-order valence-electron chi connectivity index (χ4n) is 1.05. The van der Waals surface area contributed by atoms with Crippen LogP contribution in [0.1, 0.15) is 24.1 Å². The predicted octanol–water partition coefficient (Wildman–Crippen LogP) is 3.74. The van der Waals surface area contributed by atoms with E-state index in [4.69, 9.17) is 6.57 Å². The monoisotopic (exact) mass is 223 g/mol. The lowest BCUT2D eigenvalue weighted by molar-refractivity contribution is 0.950. The van der Waals surface area contributed by atoms with E-state index in [1.54, 1.807) is 0 Å². The highest BCUT2D eigenvalue weighted by Crippen LogP contribution is 2.26. The summed E-state index contributed by atoms with van der Waals surface area (Å²) in [5.41, 5.74) is 2.27. The van der Waals surface area contributed by atoms with Gasteiger partial charge in [-0.25, -0.2) is 6.57 Å². The van der Waals surface area contributed by atoms with E-state index in [0.29, 0.717) is 0 Å². The summed E-state index contributed by atoms with van der Waals surface area (Å²) in [5, 5.41) is 0. The van der Waals surface area contributed by atoms with Crippen LogP contribution in [0.2, 0.25) is 0 Å². The molecule has 0 aromatic heterocycles. The lowest BCUT2D eigenvalue weighted by Crippen LogP contribution is -1.89. The molecular formula is C10H10BrN. The first kappa shape index (κ1) is 9.28. The van der Waals surface area contributed by atoms with Crippen LogP contribution in [0.3, 0.4) is 0 Å². The van der Waals surface area contributed by atoms with Gasteiger partial charge >= 0.3 is 0 Å². The van der Waals surface area contributed by atoms with Gasteiger partial charge in [0.1, 0.15) is 0 Å². The van der Waals surface area contributed by atoms with Crippen LogP contribution < -0.4 is 0 Å². The number of halogens is 1. The van der Waals surface area contributed by atoms with Gasteiger partial charge in [-0.1, -0.05) is 27.6 Å². The Morgan fingerprint density at radius 1 is 1.50 bits per heavy atom. The molecule has 0 saturated heterocycles. The Kier molecular flexibility index (Phi) is 2.88. The topological polar surface area (TPSA) is 4.36 Å². The van der Waals surface area contributed by atoms with Crippen molar-refractivity contribution in [2.24, 2.45) is 0 Å². The fourth-order valence-corrected chi connectivity index (χ4v) is 1.63. The predicted molar refractivity (Wildman–Crippen MR) is 53.9 cm³/mol. The molecule has 0 aliphatic rings. The van der Waals surface area contributed by atoms with Crippen LogP contribution in [0.5, 0.6) is 0 Å². The van der Waals surface area contributed by atoms with Gasteiger partial charge in [0.15, 0.2) is 0 Å². The maximum Gasteiger partial charge on any atom is 0.247 e. The first-order valence-electron chi connectivity index (χ1n) is 3.77. The smallest absolute Gasteiger partial charge is 0.247 e. The normalized spacial score (nSPS) is 12.2. The quantitative estimate of drug-likeness (QED) is 0.640. The maximum absolute atomic E-state index is 6.92. The van der Waals surface area contributed by atoms with Crippen LogP contribution in [0.25, 0.3) is 4.85 Å². The van der Waals surface area contributed by atoms with Gasteiger partial charge in [0, 0.05) is 17.0 Å². The van der Waals surface area contributed by atoms with Crippen LogP contribution in [-0.4, -0.2) is 0 Å². The number of nitrogens with zero attached hydrogens (tertiary/aromatic N) is 1. The Labute approximate surface area is 81.4 Å². The van der Waals surface area contributed by atoms with Gasteiger partial charge in [-0.3, -0.25) is 0 Å². The third kappa shape index (κ3) is 1.86. The zero-order valence-corrected chi connectivity index (χ0v) is 8.72. The number of rotatable bonds is 1. The van der Waals surface area contributed by atoms with E-state index in [2.05, 4.69) is 20.8 Å². The minimum absolute atomic E-state index is 0.0562. The first-order chi connectivity index (χ1) is 5.65. The van der Waals surface area contributed by atoms with E-state index >= 15 is 0 Å². The average molecular weight is 224 g/mol. The zero-order valence-electron chi connectivity index (χ0n) is 7.13. The molecule has 2 heteroatoms. The Balaban J connectivity index is 3.15. The Hall–Kier alpha value is -0.810. The fraction of sp³-hybridized carbons (Fsp3) is 0.300. The van der Waals surface area contributed by atoms with Crippen molar-refractivity contribution in [2.75, 3.05) is 0 Å². The second-order valence-corrected chi connectivity index (χ2v) is 3.68. The average Bonchev–Trinajstić information content (AvgIpc) is 2.08. The molecule has 0 N–H and O–H groups in total. The minimum atomic E-state index is -0.0562. The Morgan fingerprint density at radius 3 is 2.75 bits per heavy atom. The molecule has 1 unspecified atom stereocenters. The summed E-state index contributed by atoms with van der Waals surface area (Å²) in [7, 11) is 0. The molecule has 1 rings (SSSR count). The lowest BCUT2D eigenvalue weighted by atomic mass is 10.1. The molecule has 0 amide bonds. The molecule has 0 saturated carbocycles. The summed E-state index contributed by atoms with van der Waals surface area (Å²) in [6.07, 6.45) is 0. The molecule has 0 heterocycles. The van der Waals surface area contributed by atoms with E-state index in [9.17, 15) is 0 Å². The number of benzene rings is 1. The van der Waals surface area contributed by atoms with Crippen molar-refractivity contribution in [1.82, 2.24) is 0 Å². The van der Waals surface area contributed by atoms with Gasteiger partial charge in [-0.15, -0.1) is 0 Å². The number of hydrogen-bond donors (Lipinski definition) is 0. The molecule has 0 fully saturated rings. The molecule has 1 atom stereocenters. The summed E-state index contributed by atoms with van der Waals surface area (Å²) >= 11 is 3.43. The molecule has 1 aromatic carbocycles. The molecule has 0 spiro atoms. The second kappa shape index (κ2) is 3.73. The van der Waals surface area contributed by atoms with Crippen molar-refractivity contribution in [1.29, 1.82) is 0 Å². The number of aryl methyl sites for hydroxylation is 1. The molecule has 0 aliphatic heterocycles. The van der Waals surface area contributed by atoms with Crippen LogP contribution in [0, 0.1) is 13.5 Å². The van der Waals surface area contributed by atoms with E-state index in [-0.39, 0.29) is 6.04 Å².